The maximum atomic E-state index is 4.32. The summed E-state index contributed by atoms with van der Waals surface area (Å²) >= 11 is 0. The number of anilines is 2. The first kappa shape index (κ1) is 13.1. The number of hydrogen-bond donors (Lipinski definition) is 1. The molecule has 2 heterocycles. The van der Waals surface area contributed by atoms with Crippen LogP contribution in [0.1, 0.15) is 23.1 Å². The molecule has 1 aromatic carbocycles. The van der Waals surface area contributed by atoms with Gasteiger partial charge in [0.25, 0.3) is 0 Å². The summed E-state index contributed by atoms with van der Waals surface area (Å²) in [5, 5.41) is 3.24. The van der Waals surface area contributed by atoms with Gasteiger partial charge >= 0.3 is 0 Å². The Kier molecular flexibility index (Phi) is 3.70. The van der Waals surface area contributed by atoms with Gasteiger partial charge in [0, 0.05) is 25.0 Å². The third-order valence-electron chi connectivity index (χ3n) is 3.90. The normalized spacial score (nSPS) is 14.2. The second-order valence-electron chi connectivity index (χ2n) is 5.42. The van der Waals surface area contributed by atoms with Crippen molar-refractivity contribution in [3.63, 3.8) is 0 Å². The van der Waals surface area contributed by atoms with E-state index >= 15 is 0 Å². The molecule has 0 aliphatic carbocycles. The molecule has 1 aliphatic rings. The minimum Gasteiger partial charge on any atom is -0.340 e. The molecule has 0 atom stereocenters. The molecule has 1 aromatic heterocycles. The summed E-state index contributed by atoms with van der Waals surface area (Å²) in [4.78, 5) is 6.74. The van der Waals surface area contributed by atoms with Gasteiger partial charge in [-0.25, -0.2) is 0 Å². The predicted molar refractivity (Wildman–Crippen MR) is 83.5 cm³/mol. The van der Waals surface area contributed by atoms with Crippen LogP contribution in [0.5, 0.6) is 0 Å². The molecule has 1 N–H and O–H groups in total. The van der Waals surface area contributed by atoms with Gasteiger partial charge < -0.3 is 10.2 Å². The Balaban J connectivity index is 2.04. The van der Waals surface area contributed by atoms with Crippen molar-refractivity contribution < 1.29 is 0 Å². The van der Waals surface area contributed by atoms with E-state index < -0.39 is 0 Å². The standard InChI is InChI=1S/C17H21N3/c1-13-5-6-16-14(10-13)4-3-9-20(16)17-12-19-8-7-15(17)11-18-2/h5-8,10,12,18H,3-4,9,11H2,1-2H3. The van der Waals surface area contributed by atoms with Crippen molar-refractivity contribution >= 4 is 11.4 Å². The fourth-order valence-electron chi connectivity index (χ4n) is 2.97. The number of aromatic nitrogens is 1. The number of benzene rings is 1. The van der Waals surface area contributed by atoms with Crippen molar-refractivity contribution in [2.45, 2.75) is 26.3 Å². The highest BCUT2D eigenvalue weighted by molar-refractivity contribution is 5.70. The van der Waals surface area contributed by atoms with E-state index in [-0.39, 0.29) is 0 Å². The number of aryl methyl sites for hydroxylation is 2. The first-order valence-electron chi connectivity index (χ1n) is 7.24. The zero-order valence-electron chi connectivity index (χ0n) is 12.2. The predicted octanol–water partition coefficient (Wildman–Crippen LogP) is 3.19. The lowest BCUT2D eigenvalue weighted by molar-refractivity contribution is 0.752. The summed E-state index contributed by atoms with van der Waals surface area (Å²) in [6.45, 7) is 4.10. The summed E-state index contributed by atoms with van der Waals surface area (Å²) in [6.07, 6.45) is 6.23. The lowest BCUT2D eigenvalue weighted by atomic mass is 9.98. The van der Waals surface area contributed by atoms with E-state index in [1.165, 1.54) is 40.9 Å². The number of rotatable bonds is 3. The van der Waals surface area contributed by atoms with Crippen molar-refractivity contribution in [1.29, 1.82) is 0 Å². The summed E-state index contributed by atoms with van der Waals surface area (Å²) in [5.41, 5.74) is 6.66. The second kappa shape index (κ2) is 5.63. The summed E-state index contributed by atoms with van der Waals surface area (Å²) in [5.74, 6) is 0. The molecular weight excluding hydrogens is 246 g/mol. The molecule has 0 saturated carbocycles. The van der Waals surface area contributed by atoms with Crippen LogP contribution in [0.3, 0.4) is 0 Å². The van der Waals surface area contributed by atoms with Crippen LogP contribution in [0.2, 0.25) is 0 Å². The molecular formula is C17H21N3. The van der Waals surface area contributed by atoms with Crippen molar-refractivity contribution in [2.75, 3.05) is 18.5 Å². The fourth-order valence-corrected chi connectivity index (χ4v) is 2.97. The Morgan fingerprint density at radius 2 is 2.15 bits per heavy atom. The van der Waals surface area contributed by atoms with E-state index in [2.05, 4.69) is 46.4 Å². The Morgan fingerprint density at radius 3 is 3.00 bits per heavy atom. The highest BCUT2D eigenvalue weighted by Gasteiger charge is 2.20. The van der Waals surface area contributed by atoms with Crippen LogP contribution < -0.4 is 10.2 Å². The molecule has 0 fully saturated rings. The topological polar surface area (TPSA) is 28.2 Å². The Labute approximate surface area is 120 Å². The van der Waals surface area contributed by atoms with Crippen LogP contribution >= 0.6 is 0 Å². The number of hydrogen-bond acceptors (Lipinski definition) is 3. The van der Waals surface area contributed by atoms with Crippen LogP contribution in [-0.4, -0.2) is 18.6 Å². The maximum absolute atomic E-state index is 4.32. The quantitative estimate of drug-likeness (QED) is 0.925. The highest BCUT2D eigenvalue weighted by atomic mass is 15.2. The maximum Gasteiger partial charge on any atom is 0.0642 e. The van der Waals surface area contributed by atoms with Gasteiger partial charge in [0.1, 0.15) is 0 Å². The van der Waals surface area contributed by atoms with Gasteiger partial charge in [-0.15, -0.1) is 0 Å². The SMILES string of the molecule is CNCc1ccncc1N1CCCc2cc(C)ccc21. The van der Waals surface area contributed by atoms with Gasteiger partial charge in [-0.3, -0.25) is 4.98 Å². The molecule has 1 aliphatic heterocycles. The zero-order chi connectivity index (χ0) is 13.9. The van der Waals surface area contributed by atoms with Gasteiger partial charge in [0.15, 0.2) is 0 Å². The van der Waals surface area contributed by atoms with Gasteiger partial charge in [-0.05, 0) is 50.1 Å². The number of nitrogens with zero attached hydrogens (tertiary/aromatic N) is 2. The van der Waals surface area contributed by atoms with Crippen LogP contribution in [-0.2, 0) is 13.0 Å². The molecule has 0 saturated heterocycles. The first-order chi connectivity index (χ1) is 9.79. The largest absolute Gasteiger partial charge is 0.340 e. The smallest absolute Gasteiger partial charge is 0.0642 e. The Morgan fingerprint density at radius 1 is 1.25 bits per heavy atom. The average Bonchev–Trinajstić information content (AvgIpc) is 2.47. The summed E-state index contributed by atoms with van der Waals surface area (Å²) in [7, 11) is 1.98. The molecule has 0 amide bonds. The molecule has 104 valence electrons. The Bertz CT molecular complexity index is 607. The van der Waals surface area contributed by atoms with Crippen molar-refractivity contribution in [1.82, 2.24) is 10.3 Å². The third kappa shape index (κ3) is 2.41. The molecule has 3 nitrogen and oxygen atoms in total. The lowest BCUT2D eigenvalue weighted by Crippen LogP contribution is -2.26. The first-order valence-corrected chi connectivity index (χ1v) is 7.24. The molecule has 3 heteroatoms. The van der Waals surface area contributed by atoms with Crippen LogP contribution in [0.15, 0.2) is 36.7 Å². The van der Waals surface area contributed by atoms with Crippen molar-refractivity contribution in [3.05, 3.63) is 53.3 Å². The van der Waals surface area contributed by atoms with E-state index in [9.17, 15) is 0 Å². The molecule has 2 aromatic rings. The van der Waals surface area contributed by atoms with Gasteiger partial charge in [0.2, 0.25) is 0 Å². The van der Waals surface area contributed by atoms with E-state index in [0.29, 0.717) is 0 Å². The van der Waals surface area contributed by atoms with Gasteiger partial charge in [0.05, 0.1) is 11.9 Å². The summed E-state index contributed by atoms with van der Waals surface area (Å²) in [6, 6.07) is 8.87. The zero-order valence-corrected chi connectivity index (χ0v) is 12.2. The lowest BCUT2D eigenvalue weighted by Gasteiger charge is -2.32. The van der Waals surface area contributed by atoms with E-state index in [1.54, 1.807) is 0 Å². The Hall–Kier alpha value is -1.87. The molecule has 0 spiro atoms. The van der Waals surface area contributed by atoms with Gasteiger partial charge in [-0.2, -0.15) is 0 Å². The number of nitrogens with one attached hydrogen (secondary N) is 1. The minimum absolute atomic E-state index is 0.871. The minimum atomic E-state index is 0.871. The van der Waals surface area contributed by atoms with E-state index in [0.717, 1.165) is 13.1 Å². The van der Waals surface area contributed by atoms with E-state index in [4.69, 9.17) is 0 Å². The monoisotopic (exact) mass is 267 g/mol. The van der Waals surface area contributed by atoms with Crippen LogP contribution in [0, 0.1) is 6.92 Å². The number of fused-ring (bicyclic) bond motifs is 1. The van der Waals surface area contributed by atoms with E-state index in [1.807, 2.05) is 19.4 Å². The van der Waals surface area contributed by atoms with Crippen molar-refractivity contribution in [3.8, 4) is 0 Å². The summed E-state index contributed by atoms with van der Waals surface area (Å²) < 4.78 is 0. The van der Waals surface area contributed by atoms with Crippen LogP contribution in [0.25, 0.3) is 0 Å². The molecule has 0 unspecified atom stereocenters. The molecule has 3 rings (SSSR count). The molecule has 20 heavy (non-hydrogen) atoms. The average molecular weight is 267 g/mol. The fraction of sp³-hybridized carbons (Fsp3) is 0.353. The highest BCUT2D eigenvalue weighted by Crippen LogP contribution is 2.35. The van der Waals surface area contributed by atoms with Gasteiger partial charge in [-0.1, -0.05) is 17.7 Å². The third-order valence-corrected chi connectivity index (χ3v) is 3.90. The molecule has 0 radical (unpaired) electrons. The van der Waals surface area contributed by atoms with Crippen LogP contribution in [0.4, 0.5) is 11.4 Å². The molecule has 0 bridgehead atoms. The van der Waals surface area contributed by atoms with Crippen molar-refractivity contribution in [2.24, 2.45) is 0 Å². The number of pyridine rings is 1. The second-order valence-corrected chi connectivity index (χ2v) is 5.42.